The third kappa shape index (κ3) is 8.49. The molecular formula is C30H45F3N6O. The monoisotopic (exact) mass is 562 g/mol. The van der Waals surface area contributed by atoms with Crippen LogP contribution in [0.3, 0.4) is 0 Å². The number of nitrogens with zero attached hydrogens (tertiary/aromatic N) is 4. The third-order valence-corrected chi connectivity index (χ3v) is 7.69. The molecular weight excluding hydrogens is 517 g/mol. The second-order valence-electron chi connectivity index (χ2n) is 11.2. The number of aliphatic imine (C=N–C) groups is 1. The Morgan fingerprint density at radius 1 is 1.15 bits per heavy atom. The number of hydrogen-bond donors (Lipinski definition) is 2. The van der Waals surface area contributed by atoms with Crippen LogP contribution in [-0.2, 0) is 11.2 Å². The topological polar surface area (TPSA) is 63.2 Å². The number of piperazine rings is 1. The van der Waals surface area contributed by atoms with Gasteiger partial charge in [-0.05, 0) is 57.0 Å². The van der Waals surface area contributed by atoms with E-state index in [2.05, 4.69) is 51.5 Å². The molecule has 2 heterocycles. The zero-order chi connectivity index (χ0) is 29.3. The molecule has 222 valence electrons. The molecule has 2 N–H and O–H groups in total. The second kappa shape index (κ2) is 14.1. The molecule has 2 fully saturated rings. The van der Waals surface area contributed by atoms with Crippen LogP contribution in [0.5, 0.6) is 0 Å². The number of rotatable bonds is 12. The number of benzene rings is 1. The summed E-state index contributed by atoms with van der Waals surface area (Å²) in [6.45, 7) is 13.2. The van der Waals surface area contributed by atoms with Gasteiger partial charge in [0.05, 0.1) is 5.57 Å². The number of carbonyl (C=O) groups excluding carboxylic acids is 1. The summed E-state index contributed by atoms with van der Waals surface area (Å²) in [5.74, 6) is 0.395. The Hall–Kier alpha value is -3.01. The van der Waals surface area contributed by atoms with Gasteiger partial charge in [-0.1, -0.05) is 33.3 Å². The maximum absolute atomic E-state index is 14.3. The molecule has 0 spiro atoms. The SMILES string of the molecule is CCC/C=C(/C(=C\N=C(C)Nc1ccc(N2CCN(C)CC2)cc1CC)C(F)(F)F)N1CC(C)(CCNC=O)C1. The molecule has 10 heteroatoms. The number of hydrogen-bond acceptors (Lipinski definition) is 5. The normalized spacial score (nSPS) is 18.9. The highest BCUT2D eigenvalue weighted by atomic mass is 19.4. The van der Waals surface area contributed by atoms with Crippen molar-refractivity contribution in [3.05, 3.63) is 47.3 Å². The molecule has 0 atom stereocenters. The lowest BCUT2D eigenvalue weighted by Crippen LogP contribution is -2.55. The Kier molecular flexibility index (Phi) is 11.1. The number of amidine groups is 1. The highest BCUT2D eigenvalue weighted by molar-refractivity contribution is 5.94. The van der Waals surface area contributed by atoms with Gasteiger partial charge in [0.1, 0.15) is 5.84 Å². The molecule has 0 bridgehead atoms. The summed E-state index contributed by atoms with van der Waals surface area (Å²) in [6.07, 6.45) is 1.53. The van der Waals surface area contributed by atoms with Gasteiger partial charge in [-0.15, -0.1) is 0 Å². The van der Waals surface area contributed by atoms with Crippen molar-refractivity contribution in [2.24, 2.45) is 10.4 Å². The Bertz CT molecular complexity index is 1080. The van der Waals surface area contributed by atoms with Crippen LogP contribution in [0.2, 0.25) is 0 Å². The van der Waals surface area contributed by atoms with Crippen LogP contribution in [-0.4, -0.2) is 81.1 Å². The van der Waals surface area contributed by atoms with Crippen molar-refractivity contribution in [3.8, 4) is 0 Å². The summed E-state index contributed by atoms with van der Waals surface area (Å²) in [4.78, 5) is 21.3. The molecule has 40 heavy (non-hydrogen) atoms. The van der Waals surface area contributed by atoms with Gasteiger partial charge in [-0.25, -0.2) is 4.99 Å². The first-order valence-corrected chi connectivity index (χ1v) is 14.3. The number of alkyl halides is 3. The van der Waals surface area contributed by atoms with Crippen molar-refractivity contribution in [3.63, 3.8) is 0 Å². The summed E-state index contributed by atoms with van der Waals surface area (Å²) in [5.41, 5.74) is 2.41. The zero-order valence-corrected chi connectivity index (χ0v) is 24.6. The summed E-state index contributed by atoms with van der Waals surface area (Å²) in [7, 11) is 2.13. The van der Waals surface area contributed by atoms with Gasteiger partial charge >= 0.3 is 6.18 Å². The van der Waals surface area contributed by atoms with Crippen molar-refractivity contribution < 1.29 is 18.0 Å². The Morgan fingerprint density at radius 3 is 2.45 bits per heavy atom. The number of unbranched alkanes of at least 4 members (excludes halogenated alkanes) is 1. The van der Waals surface area contributed by atoms with E-state index < -0.39 is 11.7 Å². The smallest absolute Gasteiger partial charge is 0.370 e. The quantitative estimate of drug-likeness (QED) is 0.117. The Balaban J connectivity index is 1.79. The molecule has 2 saturated heterocycles. The molecule has 0 unspecified atom stereocenters. The first-order valence-electron chi connectivity index (χ1n) is 14.3. The molecule has 0 aliphatic carbocycles. The van der Waals surface area contributed by atoms with Gasteiger partial charge in [-0.2, -0.15) is 13.2 Å². The number of halogens is 3. The maximum Gasteiger partial charge on any atom is 0.419 e. The molecule has 7 nitrogen and oxygen atoms in total. The number of amides is 1. The van der Waals surface area contributed by atoms with Gasteiger partial charge in [0, 0.05) is 74.5 Å². The molecule has 0 radical (unpaired) electrons. The first-order chi connectivity index (χ1) is 19.0. The van der Waals surface area contributed by atoms with Gasteiger partial charge in [0.15, 0.2) is 0 Å². The largest absolute Gasteiger partial charge is 0.419 e. The summed E-state index contributed by atoms with van der Waals surface area (Å²) in [6, 6.07) is 6.22. The second-order valence-corrected chi connectivity index (χ2v) is 11.2. The average Bonchev–Trinajstić information content (AvgIpc) is 2.89. The van der Waals surface area contributed by atoms with Gasteiger partial charge in [0.2, 0.25) is 6.41 Å². The predicted octanol–water partition coefficient (Wildman–Crippen LogP) is 5.42. The van der Waals surface area contributed by atoms with E-state index in [1.807, 2.05) is 19.9 Å². The average molecular weight is 563 g/mol. The van der Waals surface area contributed by atoms with E-state index in [-0.39, 0.29) is 11.1 Å². The fraction of sp³-hybridized carbons (Fsp3) is 0.600. The molecule has 0 saturated carbocycles. The van der Waals surface area contributed by atoms with Crippen LogP contribution in [0, 0.1) is 5.41 Å². The van der Waals surface area contributed by atoms with Crippen molar-refractivity contribution >= 4 is 23.6 Å². The molecule has 2 aliphatic heterocycles. The fourth-order valence-electron chi connectivity index (χ4n) is 5.26. The van der Waals surface area contributed by atoms with Crippen LogP contribution >= 0.6 is 0 Å². The minimum atomic E-state index is -4.55. The summed E-state index contributed by atoms with van der Waals surface area (Å²) in [5, 5.41) is 5.88. The third-order valence-electron chi connectivity index (χ3n) is 7.69. The van der Waals surface area contributed by atoms with Crippen LogP contribution < -0.4 is 15.5 Å². The van der Waals surface area contributed by atoms with Crippen LogP contribution in [0.4, 0.5) is 24.5 Å². The highest BCUT2D eigenvalue weighted by Gasteiger charge is 2.44. The lowest BCUT2D eigenvalue weighted by molar-refractivity contribution is -0.109. The van der Waals surface area contributed by atoms with Crippen LogP contribution in [0.25, 0.3) is 0 Å². The van der Waals surface area contributed by atoms with E-state index in [4.69, 9.17) is 0 Å². The minimum Gasteiger partial charge on any atom is -0.370 e. The molecule has 3 rings (SSSR count). The van der Waals surface area contributed by atoms with Gasteiger partial charge < -0.3 is 25.3 Å². The molecule has 0 aromatic heterocycles. The number of aryl methyl sites for hydroxylation is 1. The molecule has 1 aromatic carbocycles. The summed E-state index contributed by atoms with van der Waals surface area (Å²) < 4.78 is 43.0. The number of likely N-dealkylation sites (N-methyl/N-ethyl adjacent to an activating group) is 1. The van der Waals surface area contributed by atoms with E-state index in [0.29, 0.717) is 44.7 Å². The van der Waals surface area contributed by atoms with E-state index >= 15 is 0 Å². The first kappa shape index (κ1) is 31.5. The van der Waals surface area contributed by atoms with E-state index in [0.717, 1.165) is 56.5 Å². The summed E-state index contributed by atoms with van der Waals surface area (Å²) >= 11 is 0. The number of carbonyl (C=O) groups is 1. The zero-order valence-electron chi connectivity index (χ0n) is 24.6. The molecule has 1 amide bonds. The van der Waals surface area contributed by atoms with Crippen molar-refractivity contribution in [1.29, 1.82) is 0 Å². The number of anilines is 2. The standard InChI is InChI=1S/C30H45F3N6O/c1-6-8-9-28(39-20-29(4,21-39)12-13-34-22-40)26(30(31,32)33)19-35-23(3)36-27-11-10-25(18-24(27)7-2)38-16-14-37(5)15-17-38/h9-11,18-19,22H,6-8,12-17,20-21H2,1-5H3,(H,34,40)(H,35,36)/b26-19+,28-9-. The van der Waals surface area contributed by atoms with Gasteiger partial charge in [0.25, 0.3) is 0 Å². The van der Waals surface area contributed by atoms with E-state index in [1.165, 1.54) is 5.69 Å². The van der Waals surface area contributed by atoms with E-state index in [9.17, 15) is 18.0 Å². The van der Waals surface area contributed by atoms with Crippen LogP contribution in [0.15, 0.2) is 46.7 Å². The molecule has 2 aliphatic rings. The van der Waals surface area contributed by atoms with Crippen molar-refractivity contribution in [2.45, 2.75) is 59.6 Å². The minimum absolute atomic E-state index is 0.147. The Morgan fingerprint density at radius 2 is 1.85 bits per heavy atom. The van der Waals surface area contributed by atoms with Crippen molar-refractivity contribution in [1.82, 2.24) is 15.1 Å². The number of allylic oxidation sites excluding steroid dienone is 2. The predicted molar refractivity (Wildman–Crippen MR) is 158 cm³/mol. The number of nitrogens with one attached hydrogen (secondary N) is 2. The fourth-order valence-corrected chi connectivity index (χ4v) is 5.26. The maximum atomic E-state index is 14.3. The highest BCUT2D eigenvalue weighted by Crippen LogP contribution is 2.41. The lowest BCUT2D eigenvalue weighted by Gasteiger charge is -2.51. The molecule has 1 aromatic rings. The van der Waals surface area contributed by atoms with Crippen LogP contribution in [0.1, 0.15) is 52.5 Å². The van der Waals surface area contributed by atoms with Gasteiger partial charge in [-0.3, -0.25) is 4.79 Å². The Labute approximate surface area is 237 Å². The lowest BCUT2D eigenvalue weighted by atomic mass is 9.78. The number of likely N-dealkylation sites (tertiary alicyclic amines) is 1. The van der Waals surface area contributed by atoms with Crippen molar-refractivity contribution in [2.75, 3.05) is 63.1 Å². The van der Waals surface area contributed by atoms with E-state index in [1.54, 1.807) is 17.9 Å².